The maximum atomic E-state index is 13.0. The van der Waals surface area contributed by atoms with Crippen molar-refractivity contribution >= 4 is 17.2 Å². The molecule has 156 valence electrons. The van der Waals surface area contributed by atoms with E-state index in [1.807, 2.05) is 0 Å². The first-order valence-corrected chi connectivity index (χ1v) is 11.0. The van der Waals surface area contributed by atoms with Crippen molar-refractivity contribution in [2.75, 3.05) is 19.7 Å². The van der Waals surface area contributed by atoms with Crippen LogP contribution < -0.4 is 10.1 Å². The third kappa shape index (κ3) is 4.64. The number of thiazole rings is 1. The van der Waals surface area contributed by atoms with Crippen LogP contribution in [0.25, 0.3) is 0 Å². The van der Waals surface area contributed by atoms with Crippen LogP contribution in [0, 0.1) is 11.3 Å². The van der Waals surface area contributed by atoms with E-state index in [2.05, 4.69) is 15.2 Å². The Morgan fingerprint density at radius 1 is 1.43 bits per heavy atom. The van der Waals surface area contributed by atoms with Gasteiger partial charge in [-0.25, -0.2) is 13.8 Å². The molecule has 2 saturated carbocycles. The molecule has 28 heavy (non-hydrogen) atoms. The molecule has 1 aromatic rings. The van der Waals surface area contributed by atoms with Crippen molar-refractivity contribution in [1.29, 1.82) is 0 Å². The number of halogens is 2. The lowest BCUT2D eigenvalue weighted by atomic mass is 9.81. The average molecular weight is 414 g/mol. The highest BCUT2D eigenvalue weighted by molar-refractivity contribution is 7.13. The number of nitrogens with zero attached hydrogens (tertiary/aromatic N) is 2. The Labute approximate surface area is 168 Å². The first-order chi connectivity index (χ1) is 13.2. The van der Waals surface area contributed by atoms with Gasteiger partial charge in [0.05, 0.1) is 5.69 Å². The van der Waals surface area contributed by atoms with E-state index in [0.717, 1.165) is 57.4 Å². The van der Waals surface area contributed by atoms with Gasteiger partial charge in [-0.1, -0.05) is 11.3 Å². The second kappa shape index (κ2) is 7.52. The molecule has 3 aliphatic rings. The zero-order valence-corrected chi connectivity index (χ0v) is 17.4. The zero-order chi connectivity index (χ0) is 19.9. The van der Waals surface area contributed by atoms with Crippen LogP contribution in [0.5, 0.6) is 5.19 Å². The van der Waals surface area contributed by atoms with E-state index in [9.17, 15) is 13.6 Å². The van der Waals surface area contributed by atoms with Crippen molar-refractivity contribution in [3.63, 3.8) is 0 Å². The predicted molar refractivity (Wildman–Crippen MR) is 104 cm³/mol. The van der Waals surface area contributed by atoms with Gasteiger partial charge in [-0.15, -0.1) is 0 Å². The van der Waals surface area contributed by atoms with Gasteiger partial charge < -0.3 is 10.1 Å². The Balaban J connectivity index is 1.26. The number of rotatable bonds is 6. The molecule has 1 spiro atoms. The minimum atomic E-state index is -2.84. The monoisotopic (exact) mass is 413 g/mol. The highest BCUT2D eigenvalue weighted by Gasteiger charge is 2.55. The maximum absolute atomic E-state index is 13.0. The van der Waals surface area contributed by atoms with Crippen molar-refractivity contribution in [2.45, 2.75) is 70.9 Å². The summed E-state index contributed by atoms with van der Waals surface area (Å²) >= 11 is 1.41. The van der Waals surface area contributed by atoms with E-state index in [-0.39, 0.29) is 5.91 Å². The van der Waals surface area contributed by atoms with Crippen LogP contribution in [-0.2, 0) is 17.8 Å². The number of aromatic nitrogens is 1. The Morgan fingerprint density at radius 2 is 2.18 bits per heavy atom. The molecular formula is C20H29F2N3O2S. The van der Waals surface area contributed by atoms with Crippen LogP contribution in [0.3, 0.4) is 0 Å². The number of hydrogen-bond donors (Lipinski definition) is 1. The Hall–Kier alpha value is -1.28. The molecule has 2 heterocycles. The van der Waals surface area contributed by atoms with Crippen LogP contribution >= 0.6 is 11.3 Å². The van der Waals surface area contributed by atoms with Crippen molar-refractivity contribution < 1.29 is 18.3 Å². The van der Waals surface area contributed by atoms with Crippen molar-refractivity contribution in [3.8, 4) is 5.19 Å². The lowest BCUT2D eigenvalue weighted by molar-refractivity contribution is -0.119. The number of carbonyl (C=O) groups excluding carboxylic acids is 1. The third-order valence-corrected chi connectivity index (χ3v) is 7.53. The molecule has 0 radical (unpaired) electrons. The number of hydrogen-bond acceptors (Lipinski definition) is 5. The summed E-state index contributed by atoms with van der Waals surface area (Å²) < 4.78 is 31.2. The van der Waals surface area contributed by atoms with Gasteiger partial charge in [0.25, 0.3) is 11.1 Å². The van der Waals surface area contributed by atoms with Gasteiger partial charge in [-0.3, -0.25) is 9.69 Å². The van der Waals surface area contributed by atoms with Gasteiger partial charge in [-0.05, 0) is 49.9 Å². The summed E-state index contributed by atoms with van der Waals surface area (Å²) in [5, 5.41) is 3.43. The minimum Gasteiger partial charge on any atom is -0.464 e. The van der Waals surface area contributed by atoms with Crippen molar-refractivity contribution in [1.82, 2.24) is 15.2 Å². The van der Waals surface area contributed by atoms with E-state index < -0.39 is 12.5 Å². The standard InChI is InChI=1S/C20H29F2N3O2S/c1-13(26)23-15-3-6-20(7-4-15)9-14(20)10-25-8-5-17-16(11-25)24-18(28-17)27-12-19(2,21)22/h14-15H,3-12H2,1-2H3,(H,23,26)/t14?,15-,20-. The van der Waals surface area contributed by atoms with Crippen LogP contribution in [0.4, 0.5) is 8.78 Å². The highest BCUT2D eigenvalue weighted by Crippen LogP contribution is 2.61. The molecular weight excluding hydrogens is 384 g/mol. The molecule has 1 N–H and O–H groups in total. The molecule has 1 amide bonds. The van der Waals surface area contributed by atoms with Crippen LogP contribution in [-0.4, -0.2) is 47.5 Å². The lowest BCUT2D eigenvalue weighted by Gasteiger charge is -2.31. The predicted octanol–water partition coefficient (Wildman–Crippen LogP) is 3.62. The smallest absolute Gasteiger partial charge is 0.278 e. The van der Waals surface area contributed by atoms with E-state index in [1.54, 1.807) is 6.92 Å². The molecule has 1 unspecified atom stereocenters. The summed E-state index contributed by atoms with van der Waals surface area (Å²) in [7, 11) is 0. The number of fused-ring (bicyclic) bond motifs is 1. The first-order valence-electron chi connectivity index (χ1n) is 10.2. The van der Waals surface area contributed by atoms with Gasteiger partial charge in [-0.2, -0.15) is 0 Å². The summed E-state index contributed by atoms with van der Waals surface area (Å²) in [6, 6.07) is 0.353. The summed E-state index contributed by atoms with van der Waals surface area (Å²) in [6.45, 7) is 4.71. The number of nitrogens with one attached hydrogen (secondary N) is 1. The molecule has 4 rings (SSSR count). The number of alkyl halides is 2. The first kappa shape index (κ1) is 20.0. The van der Waals surface area contributed by atoms with Gasteiger partial charge in [0.2, 0.25) is 5.91 Å². The van der Waals surface area contributed by atoms with E-state index in [0.29, 0.717) is 16.7 Å². The van der Waals surface area contributed by atoms with Gasteiger partial charge in [0.15, 0.2) is 6.61 Å². The fourth-order valence-electron chi connectivity index (χ4n) is 4.87. The molecule has 2 fully saturated rings. The summed E-state index contributed by atoms with van der Waals surface area (Å²) in [5.74, 6) is -2.02. The molecule has 2 aliphatic carbocycles. The summed E-state index contributed by atoms with van der Waals surface area (Å²) in [4.78, 5) is 19.3. The van der Waals surface area contributed by atoms with E-state index in [1.165, 1.54) is 35.5 Å². The lowest BCUT2D eigenvalue weighted by Crippen LogP contribution is -2.38. The van der Waals surface area contributed by atoms with Gasteiger partial charge >= 0.3 is 0 Å². The third-order valence-electron chi connectivity index (χ3n) is 6.46. The van der Waals surface area contributed by atoms with Crippen LogP contribution in [0.1, 0.15) is 56.5 Å². The van der Waals surface area contributed by atoms with Crippen molar-refractivity contribution in [3.05, 3.63) is 10.6 Å². The second-order valence-corrected chi connectivity index (χ2v) is 9.98. The molecule has 5 nitrogen and oxygen atoms in total. The fourth-order valence-corrected chi connectivity index (χ4v) is 5.78. The maximum Gasteiger partial charge on any atom is 0.278 e. The average Bonchev–Trinajstić information content (AvgIpc) is 3.09. The zero-order valence-electron chi connectivity index (χ0n) is 16.6. The summed E-state index contributed by atoms with van der Waals surface area (Å²) in [5.41, 5.74) is 1.48. The van der Waals surface area contributed by atoms with Crippen LogP contribution in [0.2, 0.25) is 0 Å². The molecule has 1 aliphatic heterocycles. The molecule has 8 heteroatoms. The van der Waals surface area contributed by atoms with Gasteiger partial charge in [0.1, 0.15) is 0 Å². The van der Waals surface area contributed by atoms with E-state index >= 15 is 0 Å². The van der Waals surface area contributed by atoms with Gasteiger partial charge in [0, 0.05) is 44.4 Å². The van der Waals surface area contributed by atoms with Crippen LogP contribution in [0.15, 0.2) is 0 Å². The molecule has 1 atom stereocenters. The number of ether oxygens (including phenoxy) is 1. The van der Waals surface area contributed by atoms with E-state index in [4.69, 9.17) is 4.74 Å². The normalized spacial score (nSPS) is 30.1. The SMILES string of the molecule is CC(=O)N[C@H]1CC[C@]2(CC1)CC2CN1CCc2sc(OCC(C)(F)F)nc2C1. The Kier molecular flexibility index (Phi) is 5.37. The second-order valence-electron chi connectivity index (χ2n) is 8.93. The fraction of sp³-hybridized carbons (Fsp3) is 0.800. The summed E-state index contributed by atoms with van der Waals surface area (Å²) in [6.07, 6.45) is 6.82. The molecule has 0 saturated heterocycles. The minimum absolute atomic E-state index is 0.0756. The topological polar surface area (TPSA) is 54.5 Å². The largest absolute Gasteiger partial charge is 0.464 e. The number of carbonyl (C=O) groups is 1. The molecule has 0 bridgehead atoms. The highest BCUT2D eigenvalue weighted by atomic mass is 32.1. The number of amides is 1. The molecule has 0 aromatic carbocycles. The quantitative estimate of drug-likeness (QED) is 0.774. The van der Waals surface area contributed by atoms with Crippen molar-refractivity contribution in [2.24, 2.45) is 11.3 Å². The Bertz CT molecular complexity index is 726. The Morgan fingerprint density at radius 3 is 2.86 bits per heavy atom. The molecule has 1 aromatic heterocycles.